The van der Waals surface area contributed by atoms with Crippen molar-refractivity contribution in [2.45, 2.75) is 20.1 Å². The third-order valence-electron chi connectivity index (χ3n) is 5.63. The minimum absolute atomic E-state index is 0.246. The molecular formula is C23H20FN5O3. The minimum atomic E-state index is -0.480. The number of oxazole rings is 1. The average Bonchev–Trinajstić information content (AvgIpc) is 3.34. The summed E-state index contributed by atoms with van der Waals surface area (Å²) in [6, 6.07) is 8.32. The van der Waals surface area contributed by atoms with E-state index in [4.69, 9.17) is 9.15 Å². The van der Waals surface area contributed by atoms with E-state index in [1.54, 1.807) is 50.9 Å². The maximum absolute atomic E-state index is 15.1. The van der Waals surface area contributed by atoms with E-state index in [0.29, 0.717) is 39.9 Å². The molecule has 0 saturated carbocycles. The standard InChI is InChI=1S/C23H20FN5O3/c1-4-29-12-25-21-17(10-26-27-22(21)29)13-5-6-18(24)16(7-13)15-9-20-19(8-14(15)11-31-3)28(2)23(30)32-20/h5-10,12H,4,11H2,1-3H3. The molecule has 3 aromatic heterocycles. The Labute approximate surface area is 181 Å². The molecule has 0 atom stereocenters. The van der Waals surface area contributed by atoms with Gasteiger partial charge < -0.3 is 13.7 Å². The lowest BCUT2D eigenvalue weighted by molar-refractivity contribution is 0.185. The number of halogens is 1. The number of ether oxygens (including phenoxy) is 1. The van der Waals surface area contributed by atoms with Crippen molar-refractivity contribution in [3.63, 3.8) is 0 Å². The highest BCUT2D eigenvalue weighted by Gasteiger charge is 2.18. The highest BCUT2D eigenvalue weighted by atomic mass is 19.1. The predicted octanol–water partition coefficient (Wildman–Crippen LogP) is 3.91. The zero-order chi connectivity index (χ0) is 22.4. The summed E-state index contributed by atoms with van der Waals surface area (Å²) < 4.78 is 29.1. The van der Waals surface area contributed by atoms with Crippen LogP contribution in [0.3, 0.4) is 0 Å². The van der Waals surface area contributed by atoms with Gasteiger partial charge in [0, 0.05) is 31.8 Å². The molecule has 0 aliphatic heterocycles. The van der Waals surface area contributed by atoms with Gasteiger partial charge in [0.05, 0.1) is 24.6 Å². The first-order chi connectivity index (χ1) is 15.5. The van der Waals surface area contributed by atoms with Gasteiger partial charge >= 0.3 is 5.76 Å². The van der Waals surface area contributed by atoms with Crippen LogP contribution in [0.15, 0.2) is 52.1 Å². The van der Waals surface area contributed by atoms with E-state index >= 15 is 4.39 Å². The van der Waals surface area contributed by atoms with Crippen molar-refractivity contribution in [2.75, 3.05) is 7.11 Å². The second kappa shape index (κ2) is 7.69. The average molecular weight is 433 g/mol. The van der Waals surface area contributed by atoms with Crippen LogP contribution in [-0.2, 0) is 24.9 Å². The molecule has 5 rings (SSSR count). The molecule has 2 aromatic carbocycles. The lowest BCUT2D eigenvalue weighted by Crippen LogP contribution is -2.08. The van der Waals surface area contributed by atoms with E-state index in [2.05, 4.69) is 15.2 Å². The fourth-order valence-electron chi connectivity index (χ4n) is 3.96. The van der Waals surface area contributed by atoms with E-state index in [1.165, 1.54) is 10.6 Å². The highest BCUT2D eigenvalue weighted by Crippen LogP contribution is 2.35. The number of imidazole rings is 1. The van der Waals surface area contributed by atoms with Gasteiger partial charge in [-0.25, -0.2) is 14.2 Å². The number of methoxy groups -OCH3 is 1. The van der Waals surface area contributed by atoms with Crippen molar-refractivity contribution >= 4 is 22.3 Å². The number of aryl methyl sites for hydroxylation is 2. The molecule has 3 heterocycles. The first-order valence-electron chi connectivity index (χ1n) is 10.1. The molecule has 32 heavy (non-hydrogen) atoms. The van der Waals surface area contributed by atoms with Crippen LogP contribution >= 0.6 is 0 Å². The van der Waals surface area contributed by atoms with Crippen LogP contribution in [0.4, 0.5) is 4.39 Å². The summed E-state index contributed by atoms with van der Waals surface area (Å²) in [4.78, 5) is 16.5. The minimum Gasteiger partial charge on any atom is -0.408 e. The van der Waals surface area contributed by atoms with Crippen molar-refractivity contribution < 1.29 is 13.5 Å². The lowest BCUT2D eigenvalue weighted by atomic mass is 9.95. The van der Waals surface area contributed by atoms with Gasteiger partial charge in [0.2, 0.25) is 0 Å². The highest BCUT2D eigenvalue weighted by molar-refractivity contribution is 5.91. The van der Waals surface area contributed by atoms with E-state index < -0.39 is 11.6 Å². The smallest absolute Gasteiger partial charge is 0.408 e. The van der Waals surface area contributed by atoms with Crippen molar-refractivity contribution in [1.82, 2.24) is 24.3 Å². The summed E-state index contributed by atoms with van der Waals surface area (Å²) in [7, 11) is 3.20. The lowest BCUT2D eigenvalue weighted by Gasteiger charge is -2.12. The van der Waals surface area contributed by atoms with Gasteiger partial charge in [0.25, 0.3) is 0 Å². The van der Waals surface area contributed by atoms with Crippen LogP contribution < -0.4 is 5.76 Å². The van der Waals surface area contributed by atoms with Crippen molar-refractivity contribution in [3.8, 4) is 22.3 Å². The normalized spacial score (nSPS) is 11.6. The molecule has 8 nitrogen and oxygen atoms in total. The second-order valence-electron chi connectivity index (χ2n) is 7.49. The van der Waals surface area contributed by atoms with E-state index in [9.17, 15) is 4.79 Å². The van der Waals surface area contributed by atoms with E-state index in [1.807, 2.05) is 11.5 Å². The van der Waals surface area contributed by atoms with Crippen LogP contribution in [-0.4, -0.2) is 31.4 Å². The zero-order valence-electron chi connectivity index (χ0n) is 17.8. The molecule has 5 aromatic rings. The molecule has 0 N–H and O–H groups in total. The molecular weight excluding hydrogens is 413 g/mol. The molecule has 0 amide bonds. The topological polar surface area (TPSA) is 88.0 Å². The Balaban J connectivity index is 1.73. The number of hydrogen-bond donors (Lipinski definition) is 0. The summed E-state index contributed by atoms with van der Waals surface area (Å²) in [6.45, 7) is 2.96. The molecule has 0 bridgehead atoms. The summed E-state index contributed by atoms with van der Waals surface area (Å²) in [5.74, 6) is -0.882. The molecule has 0 fully saturated rings. The number of aromatic nitrogens is 5. The third-order valence-corrected chi connectivity index (χ3v) is 5.63. The Bertz CT molecular complexity index is 1530. The molecule has 0 saturated heterocycles. The molecule has 0 aliphatic rings. The number of hydrogen-bond acceptors (Lipinski definition) is 6. The Kier molecular flexibility index (Phi) is 4.82. The summed E-state index contributed by atoms with van der Waals surface area (Å²) >= 11 is 0. The van der Waals surface area contributed by atoms with Gasteiger partial charge in [-0.05, 0) is 47.9 Å². The van der Waals surface area contributed by atoms with Gasteiger partial charge in [-0.15, -0.1) is 5.10 Å². The van der Waals surface area contributed by atoms with Gasteiger partial charge in [-0.2, -0.15) is 5.10 Å². The second-order valence-corrected chi connectivity index (χ2v) is 7.49. The Morgan fingerprint density at radius 2 is 2.00 bits per heavy atom. The monoisotopic (exact) mass is 433 g/mol. The Hall–Kier alpha value is -3.85. The number of benzene rings is 2. The first-order valence-corrected chi connectivity index (χ1v) is 10.1. The summed E-state index contributed by atoms with van der Waals surface area (Å²) in [5.41, 5.74) is 5.56. The SMILES string of the molecule is CCn1cnc2c(-c3ccc(F)c(-c4cc5oc(=O)n(C)c5cc4COC)c3)cnnc21. The van der Waals surface area contributed by atoms with Crippen LogP contribution in [0.25, 0.3) is 44.5 Å². The molecule has 0 unspecified atom stereocenters. The molecule has 9 heteroatoms. The number of nitrogens with zero attached hydrogens (tertiary/aromatic N) is 5. The number of rotatable bonds is 5. The Morgan fingerprint density at radius 3 is 2.78 bits per heavy atom. The van der Waals surface area contributed by atoms with Crippen LogP contribution in [0.1, 0.15) is 12.5 Å². The third kappa shape index (κ3) is 3.09. The van der Waals surface area contributed by atoms with Crippen molar-refractivity contribution in [2.24, 2.45) is 7.05 Å². The van der Waals surface area contributed by atoms with Crippen molar-refractivity contribution in [1.29, 1.82) is 0 Å². The molecule has 162 valence electrons. The zero-order valence-corrected chi connectivity index (χ0v) is 17.8. The van der Waals surface area contributed by atoms with Gasteiger partial charge in [0.1, 0.15) is 11.3 Å². The van der Waals surface area contributed by atoms with Crippen LogP contribution in [0, 0.1) is 5.82 Å². The summed E-state index contributed by atoms with van der Waals surface area (Å²) in [6.07, 6.45) is 3.34. The quantitative estimate of drug-likeness (QED) is 0.418. The number of fused-ring (bicyclic) bond motifs is 2. The maximum Gasteiger partial charge on any atom is 0.419 e. The largest absolute Gasteiger partial charge is 0.419 e. The van der Waals surface area contributed by atoms with Gasteiger partial charge in [-0.1, -0.05) is 6.07 Å². The predicted molar refractivity (Wildman–Crippen MR) is 118 cm³/mol. The maximum atomic E-state index is 15.1. The fraction of sp³-hybridized carbons (Fsp3) is 0.217. The molecule has 0 aliphatic carbocycles. The van der Waals surface area contributed by atoms with Crippen molar-refractivity contribution in [3.05, 3.63) is 64.8 Å². The van der Waals surface area contributed by atoms with Crippen LogP contribution in [0.5, 0.6) is 0 Å². The van der Waals surface area contributed by atoms with E-state index in [-0.39, 0.29) is 6.61 Å². The fourth-order valence-corrected chi connectivity index (χ4v) is 3.96. The molecule has 0 spiro atoms. The molecule has 0 radical (unpaired) electrons. The van der Waals surface area contributed by atoms with E-state index in [0.717, 1.165) is 16.7 Å². The summed E-state index contributed by atoms with van der Waals surface area (Å²) in [5, 5.41) is 8.31. The first kappa shape index (κ1) is 20.1. The van der Waals surface area contributed by atoms with Gasteiger partial charge in [0.15, 0.2) is 11.2 Å². The Morgan fingerprint density at radius 1 is 1.16 bits per heavy atom. The van der Waals surface area contributed by atoms with Gasteiger partial charge in [-0.3, -0.25) is 4.57 Å². The van der Waals surface area contributed by atoms with Crippen LogP contribution in [0.2, 0.25) is 0 Å².